The molecule has 0 aliphatic carbocycles. The average Bonchev–Trinajstić information content (AvgIpc) is 2.65. The maximum atomic E-state index is 12.7. The molecule has 0 fully saturated rings. The van der Waals surface area contributed by atoms with Crippen molar-refractivity contribution >= 4 is 34.8 Å². The minimum absolute atomic E-state index is 0.224. The number of methoxy groups -OCH3 is 1. The summed E-state index contributed by atoms with van der Waals surface area (Å²) in [7, 11) is 1.56. The van der Waals surface area contributed by atoms with Gasteiger partial charge < -0.3 is 15.4 Å². The number of carbonyl (C=O) groups is 1. The summed E-state index contributed by atoms with van der Waals surface area (Å²) >= 11 is 6.33. The summed E-state index contributed by atoms with van der Waals surface area (Å²) in [6.07, 6.45) is 1.52. The molecule has 0 saturated heterocycles. The lowest BCUT2D eigenvalue weighted by Crippen LogP contribution is -2.15. The van der Waals surface area contributed by atoms with Crippen LogP contribution < -0.4 is 15.4 Å². The summed E-state index contributed by atoms with van der Waals surface area (Å²) in [6.45, 7) is 5.86. The zero-order valence-corrected chi connectivity index (χ0v) is 16.9. The molecule has 144 valence electrons. The van der Waals surface area contributed by atoms with Gasteiger partial charge in [0.1, 0.15) is 11.4 Å². The monoisotopic (exact) mass is 396 g/mol. The highest BCUT2D eigenvalue weighted by Crippen LogP contribution is 2.29. The topological polar surface area (TPSA) is 76.1 Å². The molecule has 2 N–H and O–H groups in total. The van der Waals surface area contributed by atoms with E-state index >= 15 is 0 Å². The van der Waals surface area contributed by atoms with E-state index in [0.29, 0.717) is 22.1 Å². The van der Waals surface area contributed by atoms with Gasteiger partial charge in [-0.15, -0.1) is 0 Å². The molecule has 3 aromatic rings. The van der Waals surface area contributed by atoms with Crippen LogP contribution >= 0.6 is 11.6 Å². The summed E-state index contributed by atoms with van der Waals surface area (Å²) in [5.41, 5.74) is 4.55. The van der Waals surface area contributed by atoms with Gasteiger partial charge in [-0.3, -0.25) is 4.79 Å². The number of nitrogens with zero attached hydrogens (tertiary/aromatic N) is 2. The first-order valence-corrected chi connectivity index (χ1v) is 9.08. The van der Waals surface area contributed by atoms with Gasteiger partial charge in [0.05, 0.1) is 23.5 Å². The zero-order valence-electron chi connectivity index (χ0n) is 16.1. The Kier molecular flexibility index (Phi) is 5.80. The van der Waals surface area contributed by atoms with Crippen LogP contribution in [0.15, 0.2) is 42.6 Å². The van der Waals surface area contributed by atoms with Crippen LogP contribution in [0.4, 0.5) is 17.3 Å². The Morgan fingerprint density at radius 2 is 1.86 bits per heavy atom. The fourth-order valence-corrected chi connectivity index (χ4v) is 3.21. The van der Waals surface area contributed by atoms with E-state index in [1.165, 1.54) is 6.20 Å². The number of carbonyl (C=O) groups excluding carboxylic acids is 1. The SMILES string of the molecule is COc1ccc(C)cc1NC(=O)c1ccnc(Nc2c(C)cc(C)cc2Cl)n1. The van der Waals surface area contributed by atoms with Crippen LogP contribution in [0, 0.1) is 20.8 Å². The smallest absolute Gasteiger partial charge is 0.274 e. The molecule has 3 rings (SSSR count). The van der Waals surface area contributed by atoms with Crippen molar-refractivity contribution in [2.24, 2.45) is 0 Å². The first kappa shape index (κ1) is 19.6. The Bertz CT molecular complexity index is 1010. The molecule has 0 radical (unpaired) electrons. The molecule has 0 unspecified atom stereocenters. The number of halogens is 1. The van der Waals surface area contributed by atoms with Gasteiger partial charge in [0.15, 0.2) is 0 Å². The van der Waals surface area contributed by atoms with Crippen molar-refractivity contribution in [1.29, 1.82) is 0 Å². The molecule has 0 saturated carbocycles. The lowest BCUT2D eigenvalue weighted by Gasteiger charge is -2.13. The van der Waals surface area contributed by atoms with E-state index in [9.17, 15) is 4.79 Å². The van der Waals surface area contributed by atoms with E-state index in [0.717, 1.165) is 16.7 Å². The van der Waals surface area contributed by atoms with Crippen LogP contribution in [-0.4, -0.2) is 23.0 Å². The van der Waals surface area contributed by atoms with E-state index in [-0.39, 0.29) is 17.5 Å². The fraction of sp³-hybridized carbons (Fsp3) is 0.190. The third kappa shape index (κ3) is 4.40. The summed E-state index contributed by atoms with van der Waals surface area (Å²) in [6, 6.07) is 11.0. The number of amides is 1. The van der Waals surface area contributed by atoms with E-state index in [1.54, 1.807) is 19.2 Å². The van der Waals surface area contributed by atoms with E-state index in [4.69, 9.17) is 16.3 Å². The molecule has 1 amide bonds. The van der Waals surface area contributed by atoms with Gasteiger partial charge in [0.2, 0.25) is 5.95 Å². The Balaban J connectivity index is 1.84. The summed E-state index contributed by atoms with van der Waals surface area (Å²) in [4.78, 5) is 21.2. The summed E-state index contributed by atoms with van der Waals surface area (Å²) < 4.78 is 5.30. The van der Waals surface area contributed by atoms with Crippen LogP contribution in [0.25, 0.3) is 0 Å². The number of aryl methyl sites for hydroxylation is 3. The minimum Gasteiger partial charge on any atom is -0.495 e. The van der Waals surface area contributed by atoms with E-state index in [2.05, 4.69) is 20.6 Å². The van der Waals surface area contributed by atoms with Crippen LogP contribution in [0.2, 0.25) is 5.02 Å². The predicted molar refractivity (Wildman–Crippen MR) is 112 cm³/mol. The molecule has 1 aromatic heterocycles. The highest BCUT2D eigenvalue weighted by atomic mass is 35.5. The number of ether oxygens (including phenoxy) is 1. The van der Waals surface area contributed by atoms with Crippen molar-refractivity contribution in [3.05, 3.63) is 70.0 Å². The molecule has 0 aliphatic heterocycles. The third-order valence-electron chi connectivity index (χ3n) is 4.16. The number of hydrogen-bond donors (Lipinski definition) is 2. The molecule has 2 aromatic carbocycles. The second-order valence-corrected chi connectivity index (χ2v) is 6.89. The molecule has 1 heterocycles. The zero-order chi connectivity index (χ0) is 20.3. The van der Waals surface area contributed by atoms with Gasteiger partial charge in [-0.1, -0.05) is 23.7 Å². The van der Waals surface area contributed by atoms with Gasteiger partial charge in [-0.05, 0) is 61.7 Å². The minimum atomic E-state index is -0.360. The molecular formula is C21H21ClN4O2. The fourth-order valence-electron chi connectivity index (χ4n) is 2.84. The Morgan fingerprint density at radius 1 is 1.07 bits per heavy atom. The first-order chi connectivity index (χ1) is 13.4. The number of aromatic nitrogens is 2. The van der Waals surface area contributed by atoms with Crippen molar-refractivity contribution in [2.75, 3.05) is 17.7 Å². The highest BCUT2D eigenvalue weighted by Gasteiger charge is 2.14. The highest BCUT2D eigenvalue weighted by molar-refractivity contribution is 6.33. The molecular weight excluding hydrogens is 376 g/mol. The molecule has 28 heavy (non-hydrogen) atoms. The quantitative estimate of drug-likeness (QED) is 0.630. The Hall–Kier alpha value is -3.12. The third-order valence-corrected chi connectivity index (χ3v) is 4.46. The van der Waals surface area contributed by atoms with Crippen LogP contribution in [0.5, 0.6) is 5.75 Å². The van der Waals surface area contributed by atoms with Crippen molar-refractivity contribution in [2.45, 2.75) is 20.8 Å². The van der Waals surface area contributed by atoms with Crippen LogP contribution in [0.1, 0.15) is 27.2 Å². The molecule has 0 bridgehead atoms. The average molecular weight is 397 g/mol. The second-order valence-electron chi connectivity index (χ2n) is 6.49. The van der Waals surface area contributed by atoms with E-state index < -0.39 is 0 Å². The number of nitrogens with one attached hydrogen (secondary N) is 2. The maximum absolute atomic E-state index is 12.7. The molecule has 6 nitrogen and oxygen atoms in total. The molecule has 0 aliphatic rings. The van der Waals surface area contributed by atoms with Gasteiger partial charge in [-0.25, -0.2) is 9.97 Å². The van der Waals surface area contributed by atoms with Crippen LogP contribution in [-0.2, 0) is 0 Å². The molecule has 0 atom stereocenters. The Labute approximate surface area is 168 Å². The molecule has 0 spiro atoms. The van der Waals surface area contributed by atoms with Gasteiger partial charge >= 0.3 is 0 Å². The largest absolute Gasteiger partial charge is 0.495 e. The molecule has 7 heteroatoms. The van der Waals surface area contributed by atoms with Crippen molar-refractivity contribution < 1.29 is 9.53 Å². The van der Waals surface area contributed by atoms with Gasteiger partial charge in [-0.2, -0.15) is 0 Å². The predicted octanol–water partition coefficient (Wildman–Crippen LogP) is 5.06. The normalized spacial score (nSPS) is 10.5. The number of rotatable bonds is 5. The second kappa shape index (κ2) is 8.27. The summed E-state index contributed by atoms with van der Waals surface area (Å²) in [5.74, 6) is 0.507. The van der Waals surface area contributed by atoms with Gasteiger partial charge in [0, 0.05) is 6.20 Å². The maximum Gasteiger partial charge on any atom is 0.274 e. The van der Waals surface area contributed by atoms with Gasteiger partial charge in [0.25, 0.3) is 5.91 Å². The standard InChI is InChI=1S/C21H21ClN4O2/c1-12-5-6-18(28-4)17(11-12)24-20(27)16-7-8-23-21(25-16)26-19-14(3)9-13(2)10-15(19)22/h5-11H,1-4H3,(H,24,27)(H,23,25,26). The Morgan fingerprint density at radius 3 is 2.57 bits per heavy atom. The lowest BCUT2D eigenvalue weighted by atomic mass is 10.1. The van der Waals surface area contributed by atoms with E-state index in [1.807, 2.05) is 45.0 Å². The summed E-state index contributed by atoms with van der Waals surface area (Å²) in [5, 5.41) is 6.50. The van der Waals surface area contributed by atoms with Crippen molar-refractivity contribution in [3.63, 3.8) is 0 Å². The van der Waals surface area contributed by atoms with Crippen LogP contribution in [0.3, 0.4) is 0 Å². The lowest BCUT2D eigenvalue weighted by molar-refractivity contribution is 0.102. The number of hydrogen-bond acceptors (Lipinski definition) is 5. The number of anilines is 3. The van der Waals surface area contributed by atoms with Crippen molar-refractivity contribution in [3.8, 4) is 5.75 Å². The van der Waals surface area contributed by atoms with Crippen molar-refractivity contribution in [1.82, 2.24) is 9.97 Å². The number of benzene rings is 2. The first-order valence-electron chi connectivity index (χ1n) is 8.70.